The van der Waals surface area contributed by atoms with Gasteiger partial charge in [-0.2, -0.15) is 5.26 Å². The summed E-state index contributed by atoms with van der Waals surface area (Å²) in [7, 11) is 0. The highest BCUT2D eigenvalue weighted by atomic mass is 35.5. The third-order valence-electron chi connectivity index (χ3n) is 5.80. The summed E-state index contributed by atoms with van der Waals surface area (Å²) in [5, 5.41) is 25.9. The quantitative estimate of drug-likeness (QED) is 0.662. The van der Waals surface area contributed by atoms with E-state index in [-0.39, 0.29) is 17.7 Å². The van der Waals surface area contributed by atoms with Crippen LogP contribution in [0.3, 0.4) is 0 Å². The number of carbonyl (C=O) groups excluding carboxylic acids is 1. The number of carbonyl (C=O) groups is 1. The van der Waals surface area contributed by atoms with E-state index in [2.05, 4.69) is 16.3 Å². The van der Waals surface area contributed by atoms with E-state index < -0.39 is 11.3 Å². The number of benzene rings is 2. The normalized spacial score (nSPS) is 21.9. The van der Waals surface area contributed by atoms with Gasteiger partial charge in [0.1, 0.15) is 11.3 Å². The summed E-state index contributed by atoms with van der Waals surface area (Å²) in [4.78, 5) is 15.8. The zero-order valence-electron chi connectivity index (χ0n) is 15.9. The van der Waals surface area contributed by atoms with Crippen LogP contribution in [0.2, 0.25) is 5.02 Å². The molecule has 1 aromatic heterocycles. The minimum absolute atomic E-state index is 0.167. The molecule has 3 aromatic rings. The number of nitrogens with zero attached hydrogens (tertiary/aromatic N) is 3. The first-order chi connectivity index (χ1) is 14.5. The van der Waals surface area contributed by atoms with E-state index in [1.165, 1.54) is 0 Å². The summed E-state index contributed by atoms with van der Waals surface area (Å²) in [6.07, 6.45) is 0. The highest BCUT2D eigenvalue weighted by Crippen LogP contribution is 2.55. The standard InChI is InChI=1S/C22H16ClN5O2/c1-12-18-20(27-26-12)30-19(25)16(10-24)22(18)15-4-2-3-5-17(15)28(21(22)29)11-13-6-8-14(23)9-7-13/h2-9,16,25H,11H2,1H3,(H,26,27). The van der Waals surface area contributed by atoms with Gasteiger partial charge in [-0.15, -0.1) is 5.10 Å². The van der Waals surface area contributed by atoms with Crippen molar-refractivity contribution in [1.29, 1.82) is 10.7 Å². The molecule has 30 heavy (non-hydrogen) atoms. The van der Waals surface area contributed by atoms with Crippen molar-refractivity contribution in [2.45, 2.75) is 18.9 Å². The third-order valence-corrected chi connectivity index (χ3v) is 6.05. The van der Waals surface area contributed by atoms with Gasteiger partial charge in [0.2, 0.25) is 17.7 Å². The lowest BCUT2D eigenvalue weighted by atomic mass is 9.65. The summed E-state index contributed by atoms with van der Waals surface area (Å²) in [5.74, 6) is -1.50. The molecule has 3 heterocycles. The number of aromatic amines is 1. The number of anilines is 1. The predicted molar refractivity (Wildman–Crippen MR) is 111 cm³/mol. The van der Waals surface area contributed by atoms with Gasteiger partial charge in [0.25, 0.3) is 0 Å². The first-order valence-corrected chi connectivity index (χ1v) is 9.73. The maximum Gasteiger partial charge on any atom is 0.244 e. The number of halogens is 1. The number of hydrogen-bond donors (Lipinski definition) is 2. The molecular weight excluding hydrogens is 402 g/mol. The summed E-state index contributed by atoms with van der Waals surface area (Å²) < 4.78 is 5.51. The van der Waals surface area contributed by atoms with Gasteiger partial charge in [-0.25, -0.2) is 0 Å². The van der Waals surface area contributed by atoms with Crippen molar-refractivity contribution in [3.8, 4) is 11.9 Å². The van der Waals surface area contributed by atoms with Crippen LogP contribution in [0.4, 0.5) is 5.69 Å². The van der Waals surface area contributed by atoms with Crippen molar-refractivity contribution in [3.63, 3.8) is 0 Å². The van der Waals surface area contributed by atoms with Crippen molar-refractivity contribution < 1.29 is 9.53 Å². The van der Waals surface area contributed by atoms with Crippen molar-refractivity contribution in [2.75, 3.05) is 4.90 Å². The van der Waals surface area contributed by atoms with Crippen LogP contribution in [0.5, 0.6) is 5.88 Å². The van der Waals surface area contributed by atoms with Crippen molar-refractivity contribution in [1.82, 2.24) is 10.2 Å². The fourth-order valence-corrected chi connectivity index (χ4v) is 4.66. The van der Waals surface area contributed by atoms with Gasteiger partial charge in [0.05, 0.1) is 18.2 Å². The fourth-order valence-electron chi connectivity index (χ4n) is 4.53. The zero-order chi connectivity index (χ0) is 21.0. The SMILES string of the molecule is Cc1[nH]nc2c1C1(C(=O)N(Cc3ccc(Cl)cc3)c3ccccc31)C(C#N)C(=N)O2. The van der Waals surface area contributed by atoms with Crippen LogP contribution in [0, 0.1) is 29.6 Å². The first kappa shape index (κ1) is 18.4. The molecule has 0 saturated heterocycles. The largest absolute Gasteiger partial charge is 0.422 e. The molecule has 2 atom stereocenters. The maximum absolute atomic E-state index is 14.1. The number of amides is 1. The lowest BCUT2D eigenvalue weighted by molar-refractivity contribution is -0.122. The molecule has 148 valence electrons. The van der Waals surface area contributed by atoms with E-state index in [0.29, 0.717) is 34.1 Å². The van der Waals surface area contributed by atoms with E-state index in [1.54, 1.807) is 24.0 Å². The van der Waals surface area contributed by atoms with E-state index >= 15 is 0 Å². The summed E-state index contributed by atoms with van der Waals surface area (Å²) in [6.45, 7) is 2.10. The molecule has 0 aliphatic carbocycles. The number of nitriles is 1. The Kier molecular flexibility index (Phi) is 3.95. The number of fused-ring (bicyclic) bond motifs is 4. The molecule has 1 amide bonds. The number of hydrogen-bond acceptors (Lipinski definition) is 5. The van der Waals surface area contributed by atoms with Gasteiger partial charge in [0.15, 0.2) is 0 Å². The number of ether oxygens (including phenoxy) is 1. The summed E-state index contributed by atoms with van der Waals surface area (Å²) >= 11 is 6.01. The zero-order valence-corrected chi connectivity index (χ0v) is 16.7. The molecule has 2 aromatic carbocycles. The van der Waals surface area contributed by atoms with Crippen LogP contribution in [0.25, 0.3) is 0 Å². The van der Waals surface area contributed by atoms with E-state index in [1.807, 2.05) is 36.4 Å². The smallest absolute Gasteiger partial charge is 0.244 e. The average Bonchev–Trinajstić information content (AvgIpc) is 3.22. The van der Waals surface area contributed by atoms with Gasteiger partial charge in [-0.1, -0.05) is 41.9 Å². The topological polar surface area (TPSA) is 106 Å². The second kappa shape index (κ2) is 6.44. The Hall–Kier alpha value is -3.63. The van der Waals surface area contributed by atoms with Crippen LogP contribution in [-0.4, -0.2) is 22.0 Å². The van der Waals surface area contributed by atoms with E-state index in [4.69, 9.17) is 21.7 Å². The summed E-state index contributed by atoms with van der Waals surface area (Å²) in [5.41, 5.74) is 2.04. The average molecular weight is 418 g/mol. The molecule has 0 radical (unpaired) electrons. The Bertz CT molecular complexity index is 1240. The molecule has 7 nitrogen and oxygen atoms in total. The number of aromatic nitrogens is 2. The third kappa shape index (κ3) is 2.28. The van der Waals surface area contributed by atoms with Crippen LogP contribution < -0.4 is 9.64 Å². The lowest BCUT2D eigenvalue weighted by Gasteiger charge is -2.36. The highest BCUT2D eigenvalue weighted by Gasteiger charge is 2.63. The molecule has 2 unspecified atom stereocenters. The monoisotopic (exact) mass is 417 g/mol. The van der Waals surface area contributed by atoms with Crippen LogP contribution in [-0.2, 0) is 16.8 Å². The van der Waals surface area contributed by atoms with Gasteiger partial charge >= 0.3 is 0 Å². The van der Waals surface area contributed by atoms with Gasteiger partial charge in [0, 0.05) is 16.4 Å². The van der Waals surface area contributed by atoms with Crippen LogP contribution in [0.1, 0.15) is 22.4 Å². The fraction of sp³-hybridized carbons (Fsp3) is 0.182. The Balaban J connectivity index is 1.76. The van der Waals surface area contributed by atoms with Crippen LogP contribution in [0.15, 0.2) is 48.5 Å². The molecule has 5 rings (SSSR count). The van der Waals surface area contributed by atoms with Crippen molar-refractivity contribution in [2.24, 2.45) is 5.92 Å². The molecule has 8 heteroatoms. The van der Waals surface area contributed by atoms with E-state index in [0.717, 1.165) is 5.56 Å². The van der Waals surface area contributed by atoms with Crippen molar-refractivity contribution >= 4 is 29.1 Å². The van der Waals surface area contributed by atoms with Crippen LogP contribution >= 0.6 is 11.6 Å². The number of rotatable bonds is 2. The Labute approximate surface area is 177 Å². The maximum atomic E-state index is 14.1. The molecule has 1 spiro atoms. The van der Waals surface area contributed by atoms with Crippen molar-refractivity contribution in [3.05, 3.63) is 75.9 Å². The number of aryl methyl sites for hydroxylation is 1. The second-order valence-electron chi connectivity index (χ2n) is 7.40. The Morgan fingerprint density at radius 3 is 2.77 bits per heavy atom. The molecule has 0 bridgehead atoms. The molecule has 0 fully saturated rings. The Morgan fingerprint density at radius 1 is 1.30 bits per heavy atom. The highest BCUT2D eigenvalue weighted by molar-refractivity contribution is 6.30. The molecule has 2 N–H and O–H groups in total. The minimum Gasteiger partial charge on any atom is -0.422 e. The number of H-pyrrole nitrogens is 1. The van der Waals surface area contributed by atoms with E-state index in [9.17, 15) is 10.1 Å². The first-order valence-electron chi connectivity index (χ1n) is 9.35. The molecule has 0 saturated carbocycles. The molecule has 2 aliphatic heterocycles. The van der Waals surface area contributed by atoms with Gasteiger partial charge < -0.3 is 9.64 Å². The van der Waals surface area contributed by atoms with Gasteiger partial charge in [-0.05, 0) is 36.2 Å². The Morgan fingerprint density at radius 2 is 2.03 bits per heavy atom. The predicted octanol–water partition coefficient (Wildman–Crippen LogP) is 3.71. The summed E-state index contributed by atoms with van der Waals surface area (Å²) in [6, 6.07) is 16.8. The lowest BCUT2D eigenvalue weighted by Crippen LogP contribution is -2.52. The second-order valence-corrected chi connectivity index (χ2v) is 7.84. The minimum atomic E-state index is -1.39. The molecule has 2 aliphatic rings. The number of nitrogens with one attached hydrogen (secondary N) is 2. The number of para-hydroxylation sites is 1. The van der Waals surface area contributed by atoms with Gasteiger partial charge in [-0.3, -0.25) is 15.3 Å². The molecular formula is C22H16ClN5O2.